The van der Waals surface area contributed by atoms with Crippen molar-refractivity contribution in [3.63, 3.8) is 0 Å². The molecule has 0 saturated carbocycles. The van der Waals surface area contributed by atoms with E-state index in [1.165, 1.54) is 0 Å². The molecule has 5 nitrogen and oxygen atoms in total. The van der Waals surface area contributed by atoms with Crippen molar-refractivity contribution in [2.45, 2.75) is 6.92 Å². The highest BCUT2D eigenvalue weighted by Gasteiger charge is 2.19. The lowest BCUT2D eigenvalue weighted by Gasteiger charge is -2.34. The van der Waals surface area contributed by atoms with Gasteiger partial charge in [0.05, 0.1) is 0 Å². The van der Waals surface area contributed by atoms with Crippen LogP contribution >= 0.6 is 0 Å². The van der Waals surface area contributed by atoms with Crippen LogP contribution in [0.1, 0.15) is 22.8 Å². The standard InChI is InChI=1S/C18H19N3O2/c1-14(22)20-9-11-21(12-10-20)17-8-7-16(13-19-17)18(23)15-5-3-2-4-6-15/h2-8,13H,9-12H2,1H3. The third-order valence-electron chi connectivity index (χ3n) is 4.10. The van der Waals surface area contributed by atoms with Gasteiger partial charge in [-0.05, 0) is 12.1 Å². The van der Waals surface area contributed by atoms with Crippen LogP contribution in [0.25, 0.3) is 0 Å². The van der Waals surface area contributed by atoms with Crippen LogP contribution in [0.2, 0.25) is 0 Å². The SMILES string of the molecule is CC(=O)N1CCN(c2ccc(C(=O)c3ccccc3)cn2)CC1. The van der Waals surface area contributed by atoms with Gasteiger partial charge in [-0.25, -0.2) is 4.98 Å². The van der Waals surface area contributed by atoms with Gasteiger partial charge in [-0.15, -0.1) is 0 Å². The number of hydrogen-bond donors (Lipinski definition) is 0. The number of benzene rings is 1. The van der Waals surface area contributed by atoms with Crippen molar-refractivity contribution < 1.29 is 9.59 Å². The molecular weight excluding hydrogens is 290 g/mol. The first-order chi connectivity index (χ1) is 11.1. The molecule has 1 aromatic heterocycles. The highest BCUT2D eigenvalue weighted by molar-refractivity contribution is 6.08. The maximum Gasteiger partial charge on any atom is 0.219 e. The molecule has 0 unspecified atom stereocenters. The van der Waals surface area contributed by atoms with Gasteiger partial charge in [-0.1, -0.05) is 30.3 Å². The average molecular weight is 309 g/mol. The molecule has 0 N–H and O–H groups in total. The summed E-state index contributed by atoms with van der Waals surface area (Å²) >= 11 is 0. The summed E-state index contributed by atoms with van der Waals surface area (Å²) in [4.78, 5) is 32.1. The minimum atomic E-state index is -0.0222. The van der Waals surface area contributed by atoms with Gasteiger partial charge in [-0.3, -0.25) is 9.59 Å². The summed E-state index contributed by atoms with van der Waals surface area (Å²) in [7, 11) is 0. The number of carbonyl (C=O) groups excluding carboxylic acids is 2. The van der Waals surface area contributed by atoms with Crippen LogP contribution in [0.4, 0.5) is 5.82 Å². The first-order valence-electron chi connectivity index (χ1n) is 7.71. The smallest absolute Gasteiger partial charge is 0.219 e. The quantitative estimate of drug-likeness (QED) is 0.814. The Kier molecular flexibility index (Phi) is 4.37. The van der Waals surface area contributed by atoms with Crippen molar-refractivity contribution in [3.05, 3.63) is 59.8 Å². The van der Waals surface area contributed by atoms with E-state index in [1.54, 1.807) is 25.3 Å². The molecule has 118 valence electrons. The molecule has 0 aliphatic carbocycles. The van der Waals surface area contributed by atoms with Crippen LogP contribution in [0, 0.1) is 0 Å². The van der Waals surface area contributed by atoms with Crippen LogP contribution in [0.3, 0.4) is 0 Å². The molecule has 1 aliphatic rings. The Labute approximate surface area is 135 Å². The summed E-state index contributed by atoms with van der Waals surface area (Å²) < 4.78 is 0. The Morgan fingerprint density at radius 3 is 2.17 bits per heavy atom. The molecule has 0 bridgehead atoms. The maximum absolute atomic E-state index is 12.4. The van der Waals surface area contributed by atoms with Crippen LogP contribution in [0.5, 0.6) is 0 Å². The third-order valence-corrected chi connectivity index (χ3v) is 4.10. The van der Waals surface area contributed by atoms with E-state index in [0.717, 1.165) is 18.9 Å². The van der Waals surface area contributed by atoms with Gasteiger partial charge in [0, 0.05) is 50.4 Å². The van der Waals surface area contributed by atoms with Crippen LogP contribution in [-0.4, -0.2) is 47.8 Å². The molecule has 5 heteroatoms. The molecule has 23 heavy (non-hydrogen) atoms. The number of hydrogen-bond acceptors (Lipinski definition) is 4. The van der Waals surface area contributed by atoms with Crippen molar-refractivity contribution in [2.75, 3.05) is 31.1 Å². The van der Waals surface area contributed by atoms with E-state index in [2.05, 4.69) is 9.88 Å². The largest absolute Gasteiger partial charge is 0.353 e. The summed E-state index contributed by atoms with van der Waals surface area (Å²) in [6.45, 7) is 4.54. The normalized spacial score (nSPS) is 14.7. The molecule has 3 rings (SSSR count). The monoisotopic (exact) mass is 309 g/mol. The number of carbonyl (C=O) groups is 2. The van der Waals surface area contributed by atoms with Gasteiger partial charge in [-0.2, -0.15) is 0 Å². The van der Waals surface area contributed by atoms with E-state index in [0.29, 0.717) is 24.2 Å². The zero-order chi connectivity index (χ0) is 16.2. The molecule has 0 atom stereocenters. The van der Waals surface area contributed by atoms with Crippen molar-refractivity contribution in [1.29, 1.82) is 0 Å². The van der Waals surface area contributed by atoms with E-state index < -0.39 is 0 Å². The minimum absolute atomic E-state index is 0.0222. The number of rotatable bonds is 3. The summed E-state index contributed by atoms with van der Waals surface area (Å²) in [5.41, 5.74) is 1.25. The third kappa shape index (κ3) is 3.39. The average Bonchev–Trinajstić information content (AvgIpc) is 2.62. The maximum atomic E-state index is 12.4. The Balaban J connectivity index is 1.68. The fraction of sp³-hybridized carbons (Fsp3) is 0.278. The van der Waals surface area contributed by atoms with E-state index in [4.69, 9.17) is 0 Å². The fourth-order valence-corrected chi connectivity index (χ4v) is 2.71. The Hall–Kier alpha value is -2.69. The Bertz CT molecular complexity index is 690. The van der Waals surface area contributed by atoms with Gasteiger partial charge in [0.2, 0.25) is 5.91 Å². The number of pyridine rings is 1. The topological polar surface area (TPSA) is 53.5 Å². The predicted octanol–water partition coefficient (Wildman–Crippen LogP) is 1.98. The lowest BCUT2D eigenvalue weighted by molar-refractivity contribution is -0.129. The van der Waals surface area contributed by atoms with E-state index in [1.807, 2.05) is 35.2 Å². The Morgan fingerprint density at radius 2 is 1.61 bits per heavy atom. The number of piperazine rings is 1. The molecule has 2 heterocycles. The molecule has 1 aliphatic heterocycles. The van der Waals surface area contributed by atoms with Crippen molar-refractivity contribution in [2.24, 2.45) is 0 Å². The minimum Gasteiger partial charge on any atom is -0.353 e. The molecule has 1 saturated heterocycles. The first kappa shape index (κ1) is 15.2. The van der Waals surface area contributed by atoms with Crippen LogP contribution in [0.15, 0.2) is 48.7 Å². The molecule has 0 radical (unpaired) electrons. The van der Waals surface area contributed by atoms with Crippen molar-refractivity contribution in [3.8, 4) is 0 Å². The number of ketones is 1. The van der Waals surface area contributed by atoms with Crippen molar-refractivity contribution in [1.82, 2.24) is 9.88 Å². The summed E-state index contributed by atoms with van der Waals surface area (Å²) in [6.07, 6.45) is 1.63. The molecule has 1 amide bonds. The molecule has 0 spiro atoms. The second-order valence-corrected chi connectivity index (χ2v) is 5.59. The summed E-state index contributed by atoms with van der Waals surface area (Å²) in [6, 6.07) is 12.9. The van der Waals surface area contributed by atoms with Crippen LogP contribution in [-0.2, 0) is 4.79 Å². The second-order valence-electron chi connectivity index (χ2n) is 5.59. The van der Waals surface area contributed by atoms with Gasteiger partial charge < -0.3 is 9.80 Å². The summed E-state index contributed by atoms with van der Waals surface area (Å²) in [5.74, 6) is 0.935. The van der Waals surface area contributed by atoms with E-state index >= 15 is 0 Å². The van der Waals surface area contributed by atoms with Gasteiger partial charge in [0.25, 0.3) is 0 Å². The highest BCUT2D eigenvalue weighted by Crippen LogP contribution is 2.16. The van der Waals surface area contributed by atoms with Gasteiger partial charge >= 0.3 is 0 Å². The number of aromatic nitrogens is 1. The van der Waals surface area contributed by atoms with Crippen LogP contribution < -0.4 is 4.90 Å². The second kappa shape index (κ2) is 6.60. The molecular formula is C18H19N3O2. The number of amides is 1. The lowest BCUT2D eigenvalue weighted by Crippen LogP contribution is -2.48. The lowest BCUT2D eigenvalue weighted by atomic mass is 10.1. The van der Waals surface area contributed by atoms with Crippen molar-refractivity contribution >= 4 is 17.5 Å². The first-order valence-corrected chi connectivity index (χ1v) is 7.71. The van der Waals surface area contributed by atoms with Gasteiger partial charge in [0.15, 0.2) is 5.78 Å². The zero-order valence-electron chi connectivity index (χ0n) is 13.1. The van der Waals surface area contributed by atoms with E-state index in [9.17, 15) is 9.59 Å². The molecule has 1 fully saturated rings. The number of anilines is 1. The summed E-state index contributed by atoms with van der Waals surface area (Å²) in [5, 5.41) is 0. The predicted molar refractivity (Wildman–Crippen MR) is 88.6 cm³/mol. The fourth-order valence-electron chi connectivity index (χ4n) is 2.71. The highest BCUT2D eigenvalue weighted by atomic mass is 16.2. The Morgan fingerprint density at radius 1 is 0.913 bits per heavy atom. The molecule has 1 aromatic carbocycles. The molecule has 2 aromatic rings. The zero-order valence-corrected chi connectivity index (χ0v) is 13.1. The van der Waals surface area contributed by atoms with Gasteiger partial charge in [0.1, 0.15) is 5.82 Å². The number of nitrogens with zero attached hydrogens (tertiary/aromatic N) is 3. The van der Waals surface area contributed by atoms with E-state index in [-0.39, 0.29) is 11.7 Å².